The van der Waals surface area contributed by atoms with Crippen molar-refractivity contribution in [1.29, 1.82) is 0 Å². The van der Waals surface area contributed by atoms with Crippen LogP contribution < -0.4 is 4.90 Å². The summed E-state index contributed by atoms with van der Waals surface area (Å²) in [6.07, 6.45) is -0.920. The number of pyridine rings is 1. The van der Waals surface area contributed by atoms with Crippen LogP contribution in [0.15, 0.2) is 18.3 Å². The van der Waals surface area contributed by atoms with Crippen molar-refractivity contribution in [3.8, 4) is 0 Å². The summed E-state index contributed by atoms with van der Waals surface area (Å²) in [7, 11) is 0. The van der Waals surface area contributed by atoms with Gasteiger partial charge in [0.2, 0.25) is 0 Å². The SMILES string of the molecule is CC(C)(C)OC(=O)N1CCC2(CCN(c3ccnc(C(F)(F)F)c3)CC2)C1.[Na]. The van der Waals surface area contributed by atoms with Gasteiger partial charge >= 0.3 is 12.3 Å². The summed E-state index contributed by atoms with van der Waals surface area (Å²) in [5, 5.41) is 0. The van der Waals surface area contributed by atoms with Crippen LogP contribution in [0.5, 0.6) is 0 Å². The molecule has 151 valence electrons. The molecule has 2 aliphatic rings. The van der Waals surface area contributed by atoms with Gasteiger partial charge in [-0.05, 0) is 57.6 Å². The van der Waals surface area contributed by atoms with Crippen LogP contribution in [0.2, 0.25) is 0 Å². The molecule has 2 saturated heterocycles. The first kappa shape index (κ1) is 23.3. The molecule has 2 fully saturated rings. The minimum Gasteiger partial charge on any atom is -0.444 e. The maximum absolute atomic E-state index is 12.9. The predicted molar refractivity (Wildman–Crippen MR) is 101 cm³/mol. The molecule has 1 radical (unpaired) electrons. The molecule has 0 aliphatic carbocycles. The van der Waals surface area contributed by atoms with Gasteiger partial charge < -0.3 is 14.5 Å². The van der Waals surface area contributed by atoms with Crippen LogP contribution in [0.4, 0.5) is 23.7 Å². The molecule has 9 heteroatoms. The number of halogens is 3. The van der Waals surface area contributed by atoms with Crippen molar-refractivity contribution in [3.63, 3.8) is 0 Å². The zero-order valence-electron chi connectivity index (χ0n) is 17.0. The van der Waals surface area contributed by atoms with Crippen LogP contribution >= 0.6 is 0 Å². The molecule has 0 aromatic carbocycles. The molecule has 1 aromatic rings. The second-order valence-electron chi connectivity index (χ2n) is 8.54. The summed E-state index contributed by atoms with van der Waals surface area (Å²) in [4.78, 5) is 19.4. The Morgan fingerprint density at radius 3 is 2.32 bits per heavy atom. The standard InChI is InChI=1S/C19H26F3N3O2.Na/c1-17(2,3)27-16(26)25-11-7-18(13-25)5-9-24(10-6-18)14-4-8-23-15(12-14)19(20,21)22;/h4,8,12H,5-7,9-11,13H2,1-3H3;. The molecule has 0 N–H and O–H groups in total. The van der Waals surface area contributed by atoms with Gasteiger partial charge in [0.1, 0.15) is 11.3 Å². The van der Waals surface area contributed by atoms with Crippen molar-refractivity contribution in [2.45, 2.75) is 51.8 Å². The summed E-state index contributed by atoms with van der Waals surface area (Å²) >= 11 is 0. The van der Waals surface area contributed by atoms with Crippen LogP contribution in [0.3, 0.4) is 0 Å². The first-order chi connectivity index (χ1) is 12.5. The molecular weight excluding hydrogens is 382 g/mol. The van der Waals surface area contributed by atoms with Gasteiger partial charge in [-0.2, -0.15) is 13.2 Å². The van der Waals surface area contributed by atoms with Gasteiger partial charge in [-0.25, -0.2) is 4.79 Å². The number of hydrogen-bond donors (Lipinski definition) is 0. The van der Waals surface area contributed by atoms with Crippen molar-refractivity contribution in [2.24, 2.45) is 5.41 Å². The minimum atomic E-state index is -4.44. The quantitative estimate of drug-likeness (QED) is 0.661. The molecule has 2 aliphatic heterocycles. The largest absolute Gasteiger partial charge is 0.444 e. The van der Waals surface area contributed by atoms with Gasteiger partial charge in [-0.3, -0.25) is 4.98 Å². The van der Waals surface area contributed by atoms with E-state index in [-0.39, 0.29) is 41.1 Å². The second kappa shape index (κ2) is 8.40. The molecule has 1 amide bonds. The van der Waals surface area contributed by atoms with E-state index in [2.05, 4.69) is 4.98 Å². The first-order valence-electron chi connectivity index (χ1n) is 9.24. The fraction of sp³-hybridized carbons (Fsp3) is 0.684. The monoisotopic (exact) mass is 408 g/mol. The Kier molecular flexibility index (Phi) is 6.99. The van der Waals surface area contributed by atoms with Crippen LogP contribution in [-0.2, 0) is 10.9 Å². The molecule has 0 bridgehead atoms. The Hall–Kier alpha value is -0.990. The number of carbonyl (C=O) groups excluding carboxylic acids is 1. The molecule has 0 unspecified atom stereocenters. The van der Waals surface area contributed by atoms with Crippen molar-refractivity contribution in [2.75, 3.05) is 31.1 Å². The van der Waals surface area contributed by atoms with E-state index in [0.29, 0.717) is 31.9 Å². The minimum absolute atomic E-state index is 0. The van der Waals surface area contributed by atoms with E-state index in [4.69, 9.17) is 4.74 Å². The molecule has 5 nitrogen and oxygen atoms in total. The number of likely N-dealkylation sites (tertiary alicyclic amines) is 1. The average Bonchev–Trinajstić information content (AvgIpc) is 2.97. The summed E-state index contributed by atoms with van der Waals surface area (Å²) < 4.78 is 44.1. The van der Waals surface area contributed by atoms with Crippen LogP contribution in [0.25, 0.3) is 0 Å². The molecule has 3 heterocycles. The Labute approximate surface area is 185 Å². The van der Waals surface area contributed by atoms with Crippen molar-refractivity contribution in [1.82, 2.24) is 9.88 Å². The number of nitrogens with zero attached hydrogens (tertiary/aromatic N) is 3. The third kappa shape index (κ3) is 5.54. The zero-order chi connectivity index (χ0) is 19.9. The summed E-state index contributed by atoms with van der Waals surface area (Å²) in [5.74, 6) is 0. The number of amides is 1. The van der Waals surface area contributed by atoms with Crippen molar-refractivity contribution < 1.29 is 22.7 Å². The number of ether oxygens (including phenoxy) is 1. The first-order valence-corrected chi connectivity index (χ1v) is 9.24. The van der Waals surface area contributed by atoms with E-state index in [1.165, 1.54) is 6.20 Å². The Morgan fingerprint density at radius 2 is 1.75 bits per heavy atom. The topological polar surface area (TPSA) is 45.7 Å². The van der Waals surface area contributed by atoms with Gasteiger partial charge in [0, 0.05) is 67.6 Å². The van der Waals surface area contributed by atoms with Gasteiger partial charge in [0.15, 0.2) is 0 Å². The molecule has 0 saturated carbocycles. The fourth-order valence-corrected chi connectivity index (χ4v) is 3.84. The van der Waals surface area contributed by atoms with Crippen LogP contribution in [0, 0.1) is 5.41 Å². The molecule has 28 heavy (non-hydrogen) atoms. The fourth-order valence-electron chi connectivity index (χ4n) is 3.84. The van der Waals surface area contributed by atoms with Gasteiger partial charge in [-0.15, -0.1) is 0 Å². The normalized spacial score (nSPS) is 19.5. The summed E-state index contributed by atoms with van der Waals surface area (Å²) in [5.41, 5.74) is -0.799. The van der Waals surface area contributed by atoms with Crippen LogP contribution in [0.1, 0.15) is 45.7 Å². The average molecular weight is 408 g/mol. The Bertz CT molecular complexity index is 698. The number of hydrogen-bond acceptors (Lipinski definition) is 4. The second-order valence-corrected chi connectivity index (χ2v) is 8.54. The van der Waals surface area contributed by atoms with Crippen molar-refractivity contribution >= 4 is 41.3 Å². The Balaban J connectivity index is 0.00000280. The number of rotatable bonds is 1. The number of anilines is 1. The molecule has 3 rings (SSSR count). The van der Waals surface area contributed by atoms with Gasteiger partial charge in [-0.1, -0.05) is 0 Å². The zero-order valence-corrected chi connectivity index (χ0v) is 19.0. The molecule has 1 aromatic heterocycles. The third-order valence-corrected chi connectivity index (χ3v) is 5.31. The van der Waals surface area contributed by atoms with Gasteiger partial charge in [0.25, 0.3) is 0 Å². The van der Waals surface area contributed by atoms with Crippen molar-refractivity contribution in [3.05, 3.63) is 24.0 Å². The number of piperidine rings is 1. The maximum Gasteiger partial charge on any atom is 0.433 e. The molecular formula is C19H26F3N3NaO2. The summed E-state index contributed by atoms with van der Waals surface area (Å²) in [6.45, 7) is 8.20. The number of aromatic nitrogens is 1. The van der Waals surface area contributed by atoms with E-state index < -0.39 is 17.5 Å². The van der Waals surface area contributed by atoms with E-state index in [0.717, 1.165) is 25.3 Å². The van der Waals surface area contributed by atoms with Crippen LogP contribution in [-0.4, -0.2) is 77.3 Å². The van der Waals surface area contributed by atoms with E-state index in [1.54, 1.807) is 11.0 Å². The van der Waals surface area contributed by atoms with E-state index in [9.17, 15) is 18.0 Å². The molecule has 0 atom stereocenters. The molecule has 1 spiro atoms. The third-order valence-electron chi connectivity index (χ3n) is 5.31. The predicted octanol–water partition coefficient (Wildman–Crippen LogP) is 3.95. The number of carbonyl (C=O) groups is 1. The van der Waals surface area contributed by atoms with E-state index >= 15 is 0 Å². The smallest absolute Gasteiger partial charge is 0.433 e. The Morgan fingerprint density at radius 1 is 1.14 bits per heavy atom. The number of alkyl halides is 3. The van der Waals surface area contributed by atoms with E-state index in [1.807, 2.05) is 25.7 Å². The maximum atomic E-state index is 12.9. The summed E-state index contributed by atoms with van der Waals surface area (Å²) in [6, 6.07) is 2.73. The van der Waals surface area contributed by atoms with Gasteiger partial charge in [0.05, 0.1) is 0 Å².